The van der Waals surface area contributed by atoms with Crippen molar-refractivity contribution in [3.8, 4) is 0 Å². The Hall–Kier alpha value is -2.08. The summed E-state index contributed by atoms with van der Waals surface area (Å²) in [6.45, 7) is 8.27. The lowest BCUT2D eigenvalue weighted by Gasteiger charge is -2.21. The molecule has 0 amide bonds. The molecule has 1 atom stereocenters. The van der Waals surface area contributed by atoms with Crippen molar-refractivity contribution < 1.29 is 4.42 Å². The Kier molecular flexibility index (Phi) is 5.16. The van der Waals surface area contributed by atoms with E-state index in [-0.39, 0.29) is 6.04 Å². The molecule has 1 unspecified atom stereocenters. The minimum atomic E-state index is 0.0399. The summed E-state index contributed by atoms with van der Waals surface area (Å²) < 4.78 is 5.55. The van der Waals surface area contributed by atoms with E-state index in [1.165, 1.54) is 5.69 Å². The van der Waals surface area contributed by atoms with Gasteiger partial charge in [0.15, 0.2) is 0 Å². The van der Waals surface area contributed by atoms with E-state index < -0.39 is 0 Å². The molecule has 0 radical (unpaired) electrons. The lowest BCUT2D eigenvalue weighted by molar-refractivity contribution is 0.443. The van der Waals surface area contributed by atoms with Gasteiger partial charge in [-0.1, -0.05) is 5.10 Å². The quantitative estimate of drug-likeness (QED) is 0.817. The molecule has 2 aromatic rings. The van der Waals surface area contributed by atoms with E-state index in [9.17, 15) is 0 Å². The van der Waals surface area contributed by atoms with Crippen LogP contribution >= 0.6 is 0 Å². The van der Waals surface area contributed by atoms with Crippen LogP contribution in [0.4, 0.5) is 17.4 Å². The third kappa shape index (κ3) is 3.72. The van der Waals surface area contributed by atoms with Crippen LogP contribution < -0.4 is 15.5 Å². The van der Waals surface area contributed by atoms with Crippen LogP contribution in [0.1, 0.15) is 32.7 Å². The number of nitrogens with one attached hydrogen (secondary N) is 2. The van der Waals surface area contributed by atoms with E-state index in [0.717, 1.165) is 18.8 Å². The van der Waals surface area contributed by atoms with Gasteiger partial charge < -0.3 is 20.0 Å². The molecule has 1 aromatic carbocycles. The van der Waals surface area contributed by atoms with E-state index in [0.29, 0.717) is 11.9 Å². The van der Waals surface area contributed by atoms with Crippen molar-refractivity contribution in [2.75, 3.05) is 30.4 Å². The summed E-state index contributed by atoms with van der Waals surface area (Å²) >= 11 is 0. The Morgan fingerprint density at radius 1 is 1.14 bits per heavy atom. The van der Waals surface area contributed by atoms with Gasteiger partial charge in [-0.25, -0.2) is 0 Å². The second-order valence-electron chi connectivity index (χ2n) is 4.80. The van der Waals surface area contributed by atoms with Crippen LogP contribution in [-0.4, -0.2) is 30.3 Å². The predicted molar refractivity (Wildman–Crippen MR) is 85.1 cm³/mol. The van der Waals surface area contributed by atoms with E-state index >= 15 is 0 Å². The van der Waals surface area contributed by atoms with Crippen LogP contribution in [0.2, 0.25) is 0 Å². The highest BCUT2D eigenvalue weighted by Gasteiger charge is 2.12. The third-order valence-electron chi connectivity index (χ3n) is 3.49. The second kappa shape index (κ2) is 7.08. The van der Waals surface area contributed by atoms with Gasteiger partial charge in [-0.2, -0.15) is 0 Å². The van der Waals surface area contributed by atoms with Gasteiger partial charge in [0.1, 0.15) is 0 Å². The second-order valence-corrected chi connectivity index (χ2v) is 4.80. The molecule has 0 saturated heterocycles. The number of hydrogen-bond donors (Lipinski definition) is 2. The topological polar surface area (TPSA) is 66.2 Å². The summed E-state index contributed by atoms with van der Waals surface area (Å²) in [5, 5.41) is 14.2. The lowest BCUT2D eigenvalue weighted by atomic mass is 10.2. The molecule has 0 aliphatic heterocycles. The Morgan fingerprint density at radius 3 is 2.38 bits per heavy atom. The van der Waals surface area contributed by atoms with E-state index in [1.54, 1.807) is 0 Å². The number of hydrogen-bond acceptors (Lipinski definition) is 6. The summed E-state index contributed by atoms with van der Waals surface area (Å²) in [6, 6.07) is 8.64. The monoisotopic (exact) mass is 289 g/mol. The molecule has 114 valence electrons. The zero-order valence-corrected chi connectivity index (χ0v) is 13.1. The third-order valence-corrected chi connectivity index (χ3v) is 3.49. The lowest BCUT2D eigenvalue weighted by Crippen LogP contribution is -2.21. The minimum Gasteiger partial charge on any atom is -0.406 e. The number of benzene rings is 1. The molecule has 0 saturated carbocycles. The fourth-order valence-electron chi connectivity index (χ4n) is 2.05. The summed E-state index contributed by atoms with van der Waals surface area (Å²) in [4.78, 5) is 2.29. The van der Waals surface area contributed by atoms with E-state index in [4.69, 9.17) is 4.42 Å². The van der Waals surface area contributed by atoms with Crippen molar-refractivity contribution >= 4 is 17.4 Å². The van der Waals surface area contributed by atoms with Gasteiger partial charge in [-0.3, -0.25) is 0 Å². The highest BCUT2D eigenvalue weighted by atomic mass is 16.4. The molecule has 6 heteroatoms. The van der Waals surface area contributed by atoms with Crippen molar-refractivity contribution in [1.82, 2.24) is 15.5 Å². The van der Waals surface area contributed by atoms with Gasteiger partial charge in [0.05, 0.1) is 6.04 Å². The molecule has 21 heavy (non-hydrogen) atoms. The van der Waals surface area contributed by atoms with Crippen molar-refractivity contribution in [2.24, 2.45) is 0 Å². The van der Waals surface area contributed by atoms with E-state index in [1.807, 2.05) is 26.1 Å². The molecule has 0 bridgehead atoms. The van der Waals surface area contributed by atoms with Crippen LogP contribution in [0.3, 0.4) is 0 Å². The fourth-order valence-corrected chi connectivity index (χ4v) is 2.05. The zero-order chi connectivity index (χ0) is 15.2. The average molecular weight is 289 g/mol. The maximum Gasteiger partial charge on any atom is 0.320 e. The summed E-state index contributed by atoms with van der Waals surface area (Å²) in [5.74, 6) is 0.569. The van der Waals surface area contributed by atoms with Gasteiger partial charge in [-0.15, -0.1) is 5.10 Å². The van der Waals surface area contributed by atoms with Gasteiger partial charge in [-0.05, 0) is 52.1 Å². The Morgan fingerprint density at radius 2 is 1.81 bits per heavy atom. The SMILES string of the molecule is CCN(CC)c1ccc(Nc2nnc(C(C)NC)o2)cc1. The molecule has 2 rings (SSSR count). The maximum absolute atomic E-state index is 5.55. The molecule has 0 aliphatic rings. The highest BCUT2D eigenvalue weighted by molar-refractivity contribution is 5.58. The van der Waals surface area contributed by atoms with Crippen LogP contribution in [0.25, 0.3) is 0 Å². The van der Waals surface area contributed by atoms with Crippen LogP contribution in [0.15, 0.2) is 28.7 Å². The Balaban J connectivity index is 2.04. The van der Waals surface area contributed by atoms with Crippen molar-refractivity contribution in [3.63, 3.8) is 0 Å². The molecule has 1 aromatic heterocycles. The Bertz CT molecular complexity index is 547. The molecule has 0 fully saturated rings. The fraction of sp³-hybridized carbons (Fsp3) is 0.467. The summed E-state index contributed by atoms with van der Waals surface area (Å²) in [6.07, 6.45) is 0. The van der Waals surface area contributed by atoms with Crippen LogP contribution in [-0.2, 0) is 0 Å². The van der Waals surface area contributed by atoms with Crippen molar-refractivity contribution in [2.45, 2.75) is 26.8 Å². The maximum atomic E-state index is 5.55. The Labute approximate surface area is 125 Å². The van der Waals surface area contributed by atoms with Gasteiger partial charge in [0.25, 0.3) is 0 Å². The van der Waals surface area contributed by atoms with Gasteiger partial charge in [0, 0.05) is 24.5 Å². The normalized spacial score (nSPS) is 12.2. The summed E-state index contributed by atoms with van der Waals surface area (Å²) in [5.41, 5.74) is 2.14. The first-order chi connectivity index (χ1) is 10.2. The molecule has 6 nitrogen and oxygen atoms in total. The first kappa shape index (κ1) is 15.3. The predicted octanol–water partition coefficient (Wildman–Crippen LogP) is 2.94. The minimum absolute atomic E-state index is 0.0399. The van der Waals surface area contributed by atoms with Gasteiger partial charge >= 0.3 is 6.01 Å². The standard InChI is InChI=1S/C15H23N5O/c1-5-20(6-2)13-9-7-12(8-10-13)17-15-19-18-14(21-15)11(3)16-4/h7-11,16H,5-6H2,1-4H3,(H,17,19). The molecule has 0 aliphatic carbocycles. The van der Waals surface area contributed by atoms with Gasteiger partial charge in [0.2, 0.25) is 5.89 Å². The average Bonchev–Trinajstić information content (AvgIpc) is 2.98. The zero-order valence-electron chi connectivity index (χ0n) is 13.1. The first-order valence-corrected chi connectivity index (χ1v) is 7.30. The number of aromatic nitrogens is 2. The number of nitrogens with zero attached hydrogens (tertiary/aromatic N) is 3. The summed E-state index contributed by atoms with van der Waals surface area (Å²) in [7, 11) is 1.86. The van der Waals surface area contributed by atoms with Crippen molar-refractivity contribution in [1.29, 1.82) is 0 Å². The smallest absolute Gasteiger partial charge is 0.320 e. The van der Waals surface area contributed by atoms with Crippen LogP contribution in [0.5, 0.6) is 0 Å². The molecule has 2 N–H and O–H groups in total. The molecule has 0 spiro atoms. The highest BCUT2D eigenvalue weighted by Crippen LogP contribution is 2.21. The molecule has 1 heterocycles. The largest absolute Gasteiger partial charge is 0.406 e. The first-order valence-electron chi connectivity index (χ1n) is 7.30. The number of anilines is 3. The van der Waals surface area contributed by atoms with E-state index in [2.05, 4.69) is 51.7 Å². The molecular formula is C15H23N5O. The molecular weight excluding hydrogens is 266 g/mol. The number of rotatable bonds is 7. The van der Waals surface area contributed by atoms with Crippen molar-refractivity contribution in [3.05, 3.63) is 30.2 Å². The van der Waals surface area contributed by atoms with Crippen LogP contribution in [0, 0.1) is 0 Å².